The van der Waals surface area contributed by atoms with Gasteiger partial charge in [0.15, 0.2) is 5.96 Å². The van der Waals surface area contributed by atoms with Crippen molar-refractivity contribution in [3.05, 3.63) is 24.2 Å². The van der Waals surface area contributed by atoms with Crippen molar-refractivity contribution in [3.63, 3.8) is 0 Å². The van der Waals surface area contributed by atoms with E-state index >= 15 is 0 Å². The molecule has 0 aliphatic heterocycles. The monoisotopic (exact) mass is 139 g/mol. The van der Waals surface area contributed by atoms with Gasteiger partial charge < -0.3 is 15.9 Å². The summed E-state index contributed by atoms with van der Waals surface area (Å²) >= 11 is 0. The molecule has 0 aliphatic rings. The molecule has 54 valence electrons. The van der Waals surface area contributed by atoms with E-state index < -0.39 is 0 Å². The molecule has 0 fully saturated rings. The van der Waals surface area contributed by atoms with Crippen molar-refractivity contribution in [1.82, 2.24) is 0 Å². The van der Waals surface area contributed by atoms with Crippen LogP contribution >= 0.6 is 0 Å². The second kappa shape index (κ2) is 2.91. The van der Waals surface area contributed by atoms with Gasteiger partial charge in [-0.1, -0.05) is 0 Å². The van der Waals surface area contributed by atoms with E-state index in [0.717, 1.165) is 5.56 Å². The highest BCUT2D eigenvalue weighted by Crippen LogP contribution is 2.00. The van der Waals surface area contributed by atoms with Crippen molar-refractivity contribution in [2.75, 3.05) is 0 Å². The first-order valence-electron chi connectivity index (χ1n) is 2.85. The van der Waals surface area contributed by atoms with Gasteiger partial charge in [0.05, 0.1) is 19.1 Å². The largest absolute Gasteiger partial charge is 0.472 e. The third kappa shape index (κ3) is 1.81. The normalized spacial score (nSPS) is 9.20. The lowest BCUT2D eigenvalue weighted by molar-refractivity contribution is 0.564. The molecule has 0 saturated heterocycles. The van der Waals surface area contributed by atoms with Gasteiger partial charge in [0.2, 0.25) is 0 Å². The molecule has 0 amide bonds. The molecular weight excluding hydrogens is 130 g/mol. The van der Waals surface area contributed by atoms with Crippen molar-refractivity contribution in [2.45, 2.75) is 6.54 Å². The molecule has 1 rings (SSSR count). The van der Waals surface area contributed by atoms with Gasteiger partial charge in [-0.2, -0.15) is 0 Å². The standard InChI is InChI=1S/C6H9N3O/c7-6(8)9-3-5-1-2-10-4-5/h1-2,4H,3H2,(H4,7,8,9). The SMILES string of the molecule is NC(N)=NCc1ccoc1. The molecule has 0 aromatic carbocycles. The zero-order chi connectivity index (χ0) is 7.40. The Morgan fingerprint density at radius 3 is 2.90 bits per heavy atom. The van der Waals surface area contributed by atoms with Gasteiger partial charge in [-0.05, 0) is 6.07 Å². The molecule has 4 N–H and O–H groups in total. The first-order chi connectivity index (χ1) is 4.79. The van der Waals surface area contributed by atoms with E-state index in [9.17, 15) is 0 Å². The van der Waals surface area contributed by atoms with Crippen molar-refractivity contribution >= 4 is 5.96 Å². The maximum Gasteiger partial charge on any atom is 0.186 e. The highest BCUT2D eigenvalue weighted by Gasteiger charge is 1.89. The summed E-state index contributed by atoms with van der Waals surface area (Å²) in [4.78, 5) is 3.78. The van der Waals surface area contributed by atoms with Crippen LogP contribution in [0, 0.1) is 0 Å². The molecule has 4 heteroatoms. The number of hydrogen-bond donors (Lipinski definition) is 2. The highest BCUT2D eigenvalue weighted by molar-refractivity contribution is 5.75. The summed E-state index contributed by atoms with van der Waals surface area (Å²) in [6.45, 7) is 0.485. The quantitative estimate of drug-likeness (QED) is 0.449. The third-order valence-corrected chi connectivity index (χ3v) is 1.02. The Bertz CT molecular complexity index is 211. The molecule has 0 saturated carbocycles. The topological polar surface area (TPSA) is 77.5 Å². The first kappa shape index (κ1) is 6.67. The van der Waals surface area contributed by atoms with Crippen LogP contribution in [-0.2, 0) is 6.54 Å². The van der Waals surface area contributed by atoms with Gasteiger partial charge in [-0.15, -0.1) is 0 Å². The van der Waals surface area contributed by atoms with E-state index in [0.29, 0.717) is 6.54 Å². The van der Waals surface area contributed by atoms with E-state index in [2.05, 4.69) is 4.99 Å². The van der Waals surface area contributed by atoms with Crippen LogP contribution < -0.4 is 11.5 Å². The number of nitrogens with zero attached hydrogens (tertiary/aromatic N) is 1. The molecule has 10 heavy (non-hydrogen) atoms. The lowest BCUT2D eigenvalue weighted by atomic mass is 10.3. The smallest absolute Gasteiger partial charge is 0.186 e. The summed E-state index contributed by atoms with van der Waals surface area (Å²) in [7, 11) is 0. The Morgan fingerprint density at radius 1 is 1.60 bits per heavy atom. The van der Waals surface area contributed by atoms with E-state index in [4.69, 9.17) is 15.9 Å². The molecular formula is C6H9N3O. The van der Waals surface area contributed by atoms with Crippen LogP contribution in [-0.4, -0.2) is 5.96 Å². The number of hydrogen-bond acceptors (Lipinski definition) is 2. The average Bonchev–Trinajstić information content (AvgIpc) is 2.34. The van der Waals surface area contributed by atoms with Gasteiger partial charge in [-0.25, -0.2) is 4.99 Å². The van der Waals surface area contributed by atoms with Crippen LogP contribution in [0.25, 0.3) is 0 Å². The molecule has 1 aromatic heterocycles. The summed E-state index contributed by atoms with van der Waals surface area (Å²) in [5.74, 6) is 0.0983. The Balaban J connectivity index is 2.49. The lowest BCUT2D eigenvalue weighted by Gasteiger charge is -1.88. The van der Waals surface area contributed by atoms with Crippen LogP contribution in [0.1, 0.15) is 5.56 Å². The fourth-order valence-electron chi connectivity index (χ4n) is 0.565. The molecule has 1 aromatic rings. The molecule has 0 radical (unpaired) electrons. The predicted octanol–water partition coefficient (Wildman–Crippen LogP) is 0.0530. The Hall–Kier alpha value is -1.45. The van der Waals surface area contributed by atoms with Crippen LogP contribution in [0.2, 0.25) is 0 Å². The number of guanidine groups is 1. The summed E-state index contributed by atoms with van der Waals surface area (Å²) in [6.07, 6.45) is 3.18. The van der Waals surface area contributed by atoms with Crippen LogP contribution in [0.15, 0.2) is 28.0 Å². The molecule has 0 spiro atoms. The third-order valence-electron chi connectivity index (χ3n) is 1.02. The summed E-state index contributed by atoms with van der Waals surface area (Å²) in [6, 6.07) is 1.81. The maximum atomic E-state index is 5.11. The Kier molecular flexibility index (Phi) is 1.94. The first-order valence-corrected chi connectivity index (χ1v) is 2.85. The minimum Gasteiger partial charge on any atom is -0.472 e. The number of nitrogens with two attached hydrogens (primary N) is 2. The van der Waals surface area contributed by atoms with Gasteiger partial charge >= 0.3 is 0 Å². The molecule has 0 aliphatic carbocycles. The van der Waals surface area contributed by atoms with Gasteiger partial charge in [0.1, 0.15) is 0 Å². The van der Waals surface area contributed by atoms with Crippen LogP contribution in [0.5, 0.6) is 0 Å². The fourth-order valence-corrected chi connectivity index (χ4v) is 0.565. The second-order valence-electron chi connectivity index (χ2n) is 1.87. The number of furan rings is 1. The van der Waals surface area contributed by atoms with E-state index in [1.807, 2.05) is 6.07 Å². The predicted molar refractivity (Wildman–Crippen MR) is 38.2 cm³/mol. The van der Waals surface area contributed by atoms with Gasteiger partial charge in [0, 0.05) is 5.56 Å². The zero-order valence-electron chi connectivity index (χ0n) is 5.45. The van der Waals surface area contributed by atoms with Gasteiger partial charge in [0.25, 0.3) is 0 Å². The molecule has 0 unspecified atom stereocenters. The summed E-state index contributed by atoms with van der Waals surface area (Å²) < 4.78 is 4.80. The molecule has 0 bridgehead atoms. The average molecular weight is 139 g/mol. The summed E-state index contributed by atoms with van der Waals surface area (Å²) in [5.41, 5.74) is 11.2. The molecule has 4 nitrogen and oxygen atoms in total. The van der Waals surface area contributed by atoms with Crippen LogP contribution in [0.4, 0.5) is 0 Å². The van der Waals surface area contributed by atoms with Crippen molar-refractivity contribution in [2.24, 2.45) is 16.5 Å². The van der Waals surface area contributed by atoms with E-state index in [1.165, 1.54) is 0 Å². The van der Waals surface area contributed by atoms with Crippen molar-refractivity contribution in [3.8, 4) is 0 Å². The van der Waals surface area contributed by atoms with Crippen molar-refractivity contribution in [1.29, 1.82) is 0 Å². The van der Waals surface area contributed by atoms with E-state index in [-0.39, 0.29) is 5.96 Å². The molecule has 1 heterocycles. The van der Waals surface area contributed by atoms with E-state index in [1.54, 1.807) is 12.5 Å². The summed E-state index contributed by atoms with van der Waals surface area (Å²) in [5, 5.41) is 0. The minimum atomic E-state index is 0.0983. The Labute approximate surface area is 58.5 Å². The van der Waals surface area contributed by atoms with Gasteiger partial charge in [-0.3, -0.25) is 0 Å². The second-order valence-corrected chi connectivity index (χ2v) is 1.87. The number of aliphatic imine (C=N–C) groups is 1. The van der Waals surface area contributed by atoms with Crippen LogP contribution in [0.3, 0.4) is 0 Å². The minimum absolute atomic E-state index is 0.0983. The fraction of sp³-hybridized carbons (Fsp3) is 0.167. The number of rotatable bonds is 2. The molecule has 0 atom stereocenters. The lowest BCUT2D eigenvalue weighted by Crippen LogP contribution is -2.22. The van der Waals surface area contributed by atoms with Crippen molar-refractivity contribution < 1.29 is 4.42 Å². The Morgan fingerprint density at radius 2 is 2.40 bits per heavy atom. The maximum absolute atomic E-state index is 5.11. The highest BCUT2D eigenvalue weighted by atomic mass is 16.3. The zero-order valence-corrected chi connectivity index (χ0v) is 5.45.